The van der Waals surface area contributed by atoms with E-state index in [1.807, 2.05) is 11.0 Å². The van der Waals surface area contributed by atoms with Gasteiger partial charge in [-0.3, -0.25) is 4.79 Å². The van der Waals surface area contributed by atoms with Crippen LogP contribution >= 0.6 is 11.3 Å². The standard InChI is InChI=1S/C20H26N2O3S/c1-14-11-18(15(2)22(14)13-17-6-4-10-26-17)19(23)21-7-3-5-16(12-21)20-24-8-9-25-20/h4,6,10-11,16,20H,3,5,7-9,12-13H2,1-2H3. The van der Waals surface area contributed by atoms with E-state index in [1.54, 1.807) is 11.3 Å². The molecule has 0 radical (unpaired) electrons. The Morgan fingerprint density at radius 1 is 1.31 bits per heavy atom. The van der Waals surface area contributed by atoms with Crippen LogP contribution in [0.2, 0.25) is 0 Å². The van der Waals surface area contributed by atoms with Crippen molar-refractivity contribution in [3.05, 3.63) is 45.4 Å². The number of carbonyl (C=O) groups is 1. The average Bonchev–Trinajstić information content (AvgIpc) is 3.40. The van der Waals surface area contributed by atoms with Crippen molar-refractivity contribution in [1.29, 1.82) is 0 Å². The van der Waals surface area contributed by atoms with Crippen molar-refractivity contribution in [2.24, 2.45) is 5.92 Å². The van der Waals surface area contributed by atoms with Crippen LogP contribution in [0.3, 0.4) is 0 Å². The van der Waals surface area contributed by atoms with Crippen LogP contribution in [-0.4, -0.2) is 48.0 Å². The molecular weight excluding hydrogens is 348 g/mol. The van der Waals surface area contributed by atoms with Gasteiger partial charge in [0.2, 0.25) is 0 Å². The van der Waals surface area contributed by atoms with Crippen LogP contribution in [0.25, 0.3) is 0 Å². The number of carbonyl (C=O) groups excluding carboxylic acids is 1. The van der Waals surface area contributed by atoms with Crippen LogP contribution in [-0.2, 0) is 16.0 Å². The molecule has 1 amide bonds. The summed E-state index contributed by atoms with van der Waals surface area (Å²) in [6.07, 6.45) is 1.93. The Hall–Kier alpha value is -1.63. The average molecular weight is 375 g/mol. The van der Waals surface area contributed by atoms with E-state index in [-0.39, 0.29) is 18.1 Å². The summed E-state index contributed by atoms with van der Waals surface area (Å²) in [5.41, 5.74) is 3.01. The van der Waals surface area contributed by atoms with E-state index in [1.165, 1.54) is 4.88 Å². The normalized spacial score (nSPS) is 21.5. The number of hydrogen-bond donors (Lipinski definition) is 0. The first-order valence-electron chi connectivity index (χ1n) is 9.35. The number of thiophene rings is 1. The number of ether oxygens (including phenoxy) is 2. The van der Waals surface area contributed by atoms with E-state index in [0.29, 0.717) is 13.2 Å². The van der Waals surface area contributed by atoms with Gasteiger partial charge in [0, 0.05) is 35.3 Å². The highest BCUT2D eigenvalue weighted by Crippen LogP contribution is 2.27. The molecule has 5 nitrogen and oxygen atoms in total. The fourth-order valence-corrected chi connectivity index (χ4v) is 4.75. The predicted molar refractivity (Wildman–Crippen MR) is 102 cm³/mol. The molecule has 2 fully saturated rings. The molecule has 0 N–H and O–H groups in total. The quantitative estimate of drug-likeness (QED) is 0.823. The third-order valence-electron chi connectivity index (χ3n) is 5.48. The van der Waals surface area contributed by atoms with Crippen molar-refractivity contribution < 1.29 is 14.3 Å². The molecule has 2 aromatic heterocycles. The second-order valence-electron chi connectivity index (χ2n) is 7.21. The van der Waals surface area contributed by atoms with E-state index in [4.69, 9.17) is 9.47 Å². The maximum atomic E-state index is 13.2. The van der Waals surface area contributed by atoms with Crippen LogP contribution in [0.5, 0.6) is 0 Å². The topological polar surface area (TPSA) is 43.7 Å². The fourth-order valence-electron chi connectivity index (χ4n) is 4.06. The third kappa shape index (κ3) is 3.46. The van der Waals surface area contributed by atoms with Crippen molar-refractivity contribution in [2.45, 2.75) is 39.5 Å². The lowest BCUT2D eigenvalue weighted by atomic mass is 9.96. The summed E-state index contributed by atoms with van der Waals surface area (Å²) in [5.74, 6) is 0.419. The summed E-state index contributed by atoms with van der Waals surface area (Å²) < 4.78 is 13.6. The molecule has 6 heteroatoms. The molecule has 1 unspecified atom stereocenters. The molecule has 0 spiro atoms. The zero-order valence-electron chi connectivity index (χ0n) is 15.4. The Balaban J connectivity index is 1.50. The van der Waals surface area contributed by atoms with Gasteiger partial charge in [0.15, 0.2) is 6.29 Å². The molecule has 0 saturated carbocycles. The van der Waals surface area contributed by atoms with E-state index in [2.05, 4.69) is 35.9 Å². The molecule has 26 heavy (non-hydrogen) atoms. The number of likely N-dealkylation sites (tertiary alicyclic amines) is 1. The molecule has 1 atom stereocenters. The van der Waals surface area contributed by atoms with Gasteiger partial charge in [-0.05, 0) is 44.2 Å². The molecular formula is C20H26N2O3S. The van der Waals surface area contributed by atoms with Crippen molar-refractivity contribution in [3.63, 3.8) is 0 Å². The second-order valence-corrected chi connectivity index (χ2v) is 8.25. The number of hydrogen-bond acceptors (Lipinski definition) is 4. The SMILES string of the molecule is Cc1cc(C(=O)N2CCCC(C3OCCO3)C2)c(C)n1Cc1cccs1. The van der Waals surface area contributed by atoms with Gasteiger partial charge in [-0.15, -0.1) is 11.3 Å². The summed E-state index contributed by atoms with van der Waals surface area (Å²) in [6, 6.07) is 6.25. The monoisotopic (exact) mass is 374 g/mol. The van der Waals surface area contributed by atoms with Gasteiger partial charge in [0.25, 0.3) is 5.91 Å². The van der Waals surface area contributed by atoms with E-state index < -0.39 is 0 Å². The Kier molecular flexibility index (Phi) is 5.16. The van der Waals surface area contributed by atoms with Crippen LogP contribution < -0.4 is 0 Å². The minimum Gasteiger partial charge on any atom is -0.350 e. The summed E-state index contributed by atoms with van der Waals surface area (Å²) in [5, 5.41) is 2.09. The largest absolute Gasteiger partial charge is 0.350 e. The van der Waals surface area contributed by atoms with Crippen molar-refractivity contribution in [3.8, 4) is 0 Å². The first kappa shape index (κ1) is 17.8. The van der Waals surface area contributed by atoms with Crippen LogP contribution in [0, 0.1) is 19.8 Å². The summed E-state index contributed by atoms with van der Waals surface area (Å²) in [6.45, 7) is 7.83. The van der Waals surface area contributed by atoms with Crippen molar-refractivity contribution >= 4 is 17.2 Å². The Bertz CT molecular complexity index is 762. The minimum absolute atomic E-state index is 0.137. The molecule has 2 aliphatic rings. The molecule has 2 aromatic rings. The number of rotatable bonds is 4. The van der Waals surface area contributed by atoms with Crippen LogP contribution in [0.4, 0.5) is 0 Å². The van der Waals surface area contributed by atoms with Crippen molar-refractivity contribution in [1.82, 2.24) is 9.47 Å². The highest BCUT2D eigenvalue weighted by Gasteiger charge is 2.33. The van der Waals surface area contributed by atoms with Gasteiger partial charge >= 0.3 is 0 Å². The lowest BCUT2D eigenvalue weighted by molar-refractivity contribution is -0.0969. The number of nitrogens with zero attached hydrogens (tertiary/aromatic N) is 2. The van der Waals surface area contributed by atoms with Crippen LogP contribution in [0.15, 0.2) is 23.6 Å². The molecule has 4 heterocycles. The molecule has 140 valence electrons. The zero-order valence-corrected chi connectivity index (χ0v) is 16.3. The maximum absolute atomic E-state index is 13.2. The molecule has 0 aliphatic carbocycles. The van der Waals surface area contributed by atoms with Gasteiger partial charge in [-0.1, -0.05) is 6.07 Å². The van der Waals surface area contributed by atoms with Crippen LogP contribution in [0.1, 0.15) is 39.5 Å². The third-order valence-corrected chi connectivity index (χ3v) is 6.34. The van der Waals surface area contributed by atoms with E-state index >= 15 is 0 Å². The first-order chi connectivity index (χ1) is 12.6. The highest BCUT2D eigenvalue weighted by atomic mass is 32.1. The summed E-state index contributed by atoms with van der Waals surface area (Å²) in [7, 11) is 0. The number of aromatic nitrogens is 1. The Morgan fingerprint density at radius 3 is 2.85 bits per heavy atom. The lowest BCUT2D eigenvalue weighted by Gasteiger charge is -2.34. The predicted octanol–water partition coefficient (Wildman–Crippen LogP) is 3.44. The first-order valence-corrected chi connectivity index (χ1v) is 10.2. The number of aryl methyl sites for hydroxylation is 1. The number of piperidine rings is 1. The Morgan fingerprint density at radius 2 is 2.12 bits per heavy atom. The smallest absolute Gasteiger partial charge is 0.255 e. The summed E-state index contributed by atoms with van der Waals surface area (Å²) >= 11 is 1.75. The summed E-state index contributed by atoms with van der Waals surface area (Å²) in [4.78, 5) is 16.5. The van der Waals surface area contributed by atoms with Gasteiger partial charge < -0.3 is 18.9 Å². The zero-order chi connectivity index (χ0) is 18.1. The fraction of sp³-hybridized carbons (Fsp3) is 0.550. The van der Waals surface area contributed by atoms with Gasteiger partial charge in [0.05, 0.1) is 25.3 Å². The lowest BCUT2D eigenvalue weighted by Crippen LogP contribution is -2.44. The Labute approximate surface area is 158 Å². The van der Waals surface area contributed by atoms with E-state index in [0.717, 1.165) is 49.4 Å². The maximum Gasteiger partial charge on any atom is 0.255 e. The van der Waals surface area contributed by atoms with E-state index in [9.17, 15) is 4.79 Å². The second kappa shape index (κ2) is 7.55. The van der Waals surface area contributed by atoms with Crippen molar-refractivity contribution in [2.75, 3.05) is 26.3 Å². The molecule has 4 rings (SSSR count). The minimum atomic E-state index is -0.142. The molecule has 2 saturated heterocycles. The highest BCUT2D eigenvalue weighted by molar-refractivity contribution is 7.09. The van der Waals surface area contributed by atoms with Gasteiger partial charge in [-0.2, -0.15) is 0 Å². The molecule has 0 aromatic carbocycles. The van der Waals surface area contributed by atoms with Gasteiger partial charge in [0.1, 0.15) is 0 Å². The van der Waals surface area contributed by atoms with Gasteiger partial charge in [-0.25, -0.2) is 0 Å². The number of amides is 1. The molecule has 0 bridgehead atoms. The molecule has 2 aliphatic heterocycles.